The molecule has 4 saturated heterocycles. The number of rotatable bonds is 4. The highest BCUT2D eigenvalue weighted by atomic mass is 35.5. The van der Waals surface area contributed by atoms with Crippen LogP contribution in [-0.4, -0.2) is 60.1 Å². The molecule has 0 aromatic rings. The molecule has 0 unspecified atom stereocenters. The molecule has 0 spiro atoms. The Morgan fingerprint density at radius 1 is 1.14 bits per heavy atom. The minimum absolute atomic E-state index is 0.147. The average molecular weight is 357 g/mol. The van der Waals surface area contributed by atoms with E-state index in [2.05, 4.69) is 0 Å². The summed E-state index contributed by atoms with van der Waals surface area (Å²) in [4.78, 5) is 21.1. The monoisotopic (exact) mass is 356 g/mol. The van der Waals surface area contributed by atoms with Crippen molar-refractivity contribution in [1.82, 2.24) is 0 Å². The summed E-state index contributed by atoms with van der Waals surface area (Å²) in [5, 5.41) is 0. The highest BCUT2D eigenvalue weighted by Crippen LogP contribution is 2.49. The van der Waals surface area contributed by atoms with Gasteiger partial charge in [-0.2, -0.15) is 0 Å². The maximum atomic E-state index is 11.3. The Hall–Kier alpha value is -0.640. The predicted octanol–water partition coefficient (Wildman–Crippen LogP) is 0.478. The molecule has 4 fully saturated rings. The van der Waals surface area contributed by atoms with Gasteiger partial charge in [-0.15, -0.1) is 0 Å². The molecule has 4 rings (SSSR count). The molecular formula is C12H14Cl2O8. The zero-order valence-electron chi connectivity index (χ0n) is 11.7. The molecule has 0 aromatic carbocycles. The Labute approximate surface area is 135 Å². The lowest BCUT2D eigenvalue weighted by molar-refractivity contribution is -0.342. The Kier molecular flexibility index (Phi) is 4.26. The molecule has 4 bridgehead atoms. The fraction of sp³-hybridized carbons (Fsp3) is 0.833. The molecule has 6 atom stereocenters. The minimum Gasteiger partial charge on any atom is -0.463 e. The largest absolute Gasteiger partial charge is 0.463 e. The van der Waals surface area contributed by atoms with Crippen LogP contribution in [0, 0.1) is 0 Å². The second kappa shape index (κ2) is 5.77. The summed E-state index contributed by atoms with van der Waals surface area (Å²) >= 11 is 11.8. The van der Waals surface area contributed by atoms with Crippen molar-refractivity contribution in [3.8, 4) is 0 Å². The second-order valence-electron chi connectivity index (χ2n) is 5.11. The average Bonchev–Trinajstić information content (AvgIpc) is 2.78. The molecule has 124 valence electrons. The zero-order valence-corrected chi connectivity index (χ0v) is 13.2. The van der Waals surface area contributed by atoms with Crippen molar-refractivity contribution in [1.29, 1.82) is 0 Å². The Morgan fingerprint density at radius 2 is 1.86 bits per heavy atom. The van der Waals surface area contributed by atoms with Crippen LogP contribution >= 0.6 is 23.2 Å². The van der Waals surface area contributed by atoms with Gasteiger partial charge < -0.3 is 23.7 Å². The summed E-state index contributed by atoms with van der Waals surface area (Å²) in [6.07, 6.45) is -3.88. The number of hydrogen-bond donors (Lipinski definition) is 0. The summed E-state index contributed by atoms with van der Waals surface area (Å²) in [5.41, 5.74) is 0. The van der Waals surface area contributed by atoms with E-state index in [4.69, 9.17) is 51.6 Å². The number of halogens is 2. The number of esters is 2. The van der Waals surface area contributed by atoms with Gasteiger partial charge in [-0.05, 0) is 0 Å². The molecule has 0 radical (unpaired) electrons. The van der Waals surface area contributed by atoms with Gasteiger partial charge in [0.15, 0.2) is 23.3 Å². The highest BCUT2D eigenvalue weighted by molar-refractivity contribution is 6.44. The molecule has 22 heavy (non-hydrogen) atoms. The first-order valence-corrected chi connectivity index (χ1v) is 7.47. The van der Waals surface area contributed by atoms with Crippen molar-refractivity contribution >= 4 is 35.1 Å². The lowest BCUT2D eigenvalue weighted by Crippen LogP contribution is -2.47. The Balaban J connectivity index is 1.87. The highest BCUT2D eigenvalue weighted by Gasteiger charge is 2.68. The third-order valence-corrected chi connectivity index (χ3v) is 4.02. The van der Waals surface area contributed by atoms with Gasteiger partial charge in [0.2, 0.25) is 0 Å². The van der Waals surface area contributed by atoms with E-state index in [-0.39, 0.29) is 6.61 Å². The van der Waals surface area contributed by atoms with Gasteiger partial charge in [0.1, 0.15) is 18.8 Å². The van der Waals surface area contributed by atoms with E-state index in [9.17, 15) is 9.59 Å². The fourth-order valence-corrected chi connectivity index (χ4v) is 3.00. The van der Waals surface area contributed by atoms with Crippen LogP contribution in [0.5, 0.6) is 0 Å². The van der Waals surface area contributed by atoms with Crippen LogP contribution in [0.25, 0.3) is 0 Å². The normalized spacial score (nSPS) is 42.5. The van der Waals surface area contributed by atoms with E-state index >= 15 is 0 Å². The SMILES string of the molecule is CC(=O)OC[C@H]1O[C@]2(C(Cl)Cl)O[C@@H]3O[C@H]1[C@H](OC(C)=O)[C@@H]3O2. The molecule has 0 amide bonds. The van der Waals surface area contributed by atoms with Gasteiger partial charge in [0.25, 0.3) is 0 Å². The minimum atomic E-state index is -1.76. The van der Waals surface area contributed by atoms with Crippen molar-refractivity contribution in [3.63, 3.8) is 0 Å². The Bertz CT molecular complexity index is 486. The van der Waals surface area contributed by atoms with Crippen molar-refractivity contribution in [2.24, 2.45) is 0 Å². The maximum absolute atomic E-state index is 11.3. The number of ether oxygens (including phenoxy) is 6. The fourth-order valence-electron chi connectivity index (χ4n) is 2.69. The van der Waals surface area contributed by atoms with Crippen LogP contribution in [0.15, 0.2) is 0 Å². The summed E-state index contributed by atoms with van der Waals surface area (Å²) in [6.45, 7) is 2.37. The third-order valence-electron chi connectivity index (χ3n) is 3.49. The second-order valence-corrected chi connectivity index (χ2v) is 6.20. The van der Waals surface area contributed by atoms with Gasteiger partial charge in [0.05, 0.1) is 0 Å². The third kappa shape index (κ3) is 2.68. The maximum Gasteiger partial charge on any atom is 0.318 e. The summed E-state index contributed by atoms with van der Waals surface area (Å²) < 4.78 is 32.6. The lowest BCUT2D eigenvalue weighted by atomic mass is 10.1. The van der Waals surface area contributed by atoms with Crippen LogP contribution in [0.2, 0.25) is 0 Å². The summed E-state index contributed by atoms with van der Waals surface area (Å²) in [6, 6.07) is 0. The van der Waals surface area contributed by atoms with E-state index < -0.39 is 53.5 Å². The summed E-state index contributed by atoms with van der Waals surface area (Å²) in [5.74, 6) is -2.77. The first-order valence-electron chi connectivity index (χ1n) is 6.60. The molecule has 0 saturated carbocycles. The number of fused-ring (bicyclic) bond motifs is 1. The molecule has 0 aromatic heterocycles. The van der Waals surface area contributed by atoms with E-state index in [1.54, 1.807) is 0 Å². The quantitative estimate of drug-likeness (QED) is 0.530. The molecule has 10 heteroatoms. The summed E-state index contributed by atoms with van der Waals surface area (Å²) in [7, 11) is 0. The number of carbonyl (C=O) groups excluding carboxylic acids is 2. The van der Waals surface area contributed by atoms with Crippen LogP contribution in [0.1, 0.15) is 13.8 Å². The van der Waals surface area contributed by atoms with Crippen molar-refractivity contribution in [2.75, 3.05) is 6.61 Å². The molecule has 0 aliphatic carbocycles. The van der Waals surface area contributed by atoms with Gasteiger partial charge in [-0.1, -0.05) is 23.2 Å². The van der Waals surface area contributed by atoms with E-state index in [1.807, 2.05) is 0 Å². The van der Waals surface area contributed by atoms with Gasteiger partial charge >= 0.3 is 17.9 Å². The smallest absolute Gasteiger partial charge is 0.318 e. The van der Waals surface area contributed by atoms with Crippen LogP contribution in [0.3, 0.4) is 0 Å². The van der Waals surface area contributed by atoms with Crippen molar-refractivity contribution in [3.05, 3.63) is 0 Å². The number of carbonyl (C=O) groups is 2. The zero-order chi connectivity index (χ0) is 16.1. The van der Waals surface area contributed by atoms with E-state index in [1.165, 1.54) is 13.8 Å². The standard InChI is InChI=1S/C12H14Cl2O8/c1-4(15)17-3-6-7-8(18-5(2)16)9-10(19-7)22-12(20-6,21-9)11(13)14/h6-11H,3H2,1-2H3/t6-,7-,8+,9+,10+,12+/m1/s1. The first-order chi connectivity index (χ1) is 10.3. The van der Waals surface area contributed by atoms with Gasteiger partial charge in [-0.3, -0.25) is 14.3 Å². The van der Waals surface area contributed by atoms with E-state index in [0.717, 1.165) is 0 Å². The number of alkyl halides is 2. The van der Waals surface area contributed by atoms with Crippen LogP contribution in [-0.2, 0) is 38.0 Å². The van der Waals surface area contributed by atoms with Gasteiger partial charge in [0, 0.05) is 13.8 Å². The topological polar surface area (TPSA) is 89.5 Å². The number of hydrogen-bond acceptors (Lipinski definition) is 8. The van der Waals surface area contributed by atoms with Crippen LogP contribution in [0.4, 0.5) is 0 Å². The lowest BCUT2D eigenvalue weighted by Gasteiger charge is -2.30. The molecule has 4 heterocycles. The first kappa shape index (κ1) is 16.2. The molecule has 4 aliphatic rings. The van der Waals surface area contributed by atoms with E-state index in [0.29, 0.717) is 0 Å². The molecule has 0 N–H and O–H groups in total. The molecule has 4 aliphatic heterocycles. The van der Waals surface area contributed by atoms with Gasteiger partial charge in [-0.25, -0.2) is 0 Å². The Morgan fingerprint density at radius 3 is 2.45 bits per heavy atom. The van der Waals surface area contributed by atoms with Crippen molar-refractivity contribution < 1.29 is 38.0 Å². The van der Waals surface area contributed by atoms with Crippen LogP contribution < -0.4 is 0 Å². The molecule has 8 nitrogen and oxygen atoms in total. The van der Waals surface area contributed by atoms with Crippen molar-refractivity contribution in [2.45, 2.75) is 55.4 Å². The molecular weight excluding hydrogens is 343 g/mol. The predicted molar refractivity (Wildman–Crippen MR) is 69.9 cm³/mol.